The minimum absolute atomic E-state index is 0.343. The molecule has 96 valence electrons. The molecule has 0 aliphatic rings. The van der Waals surface area contributed by atoms with Gasteiger partial charge in [0, 0.05) is 0 Å². The minimum Gasteiger partial charge on any atom is -0.591 e. The Labute approximate surface area is 105 Å². The predicted octanol–water partition coefficient (Wildman–Crippen LogP) is 3.65. The van der Waals surface area contributed by atoms with Gasteiger partial charge in [-0.2, -0.15) is 13.2 Å². The zero-order valence-corrected chi connectivity index (χ0v) is 11.2. The lowest BCUT2D eigenvalue weighted by atomic mass is 10.3. The standard InChI is InChI=1S/C10H12F3NOS2/c1-9(2,3)17(15)14-6-7-4-5-8(16-7)10(11,12)13/h4-6H,1-3H3/b14-6-. The average molecular weight is 283 g/mol. The molecule has 0 bridgehead atoms. The van der Waals surface area contributed by atoms with Gasteiger partial charge in [-0.05, 0) is 32.9 Å². The monoisotopic (exact) mass is 283 g/mol. The number of hydrogen-bond acceptors (Lipinski definition) is 3. The molecule has 1 unspecified atom stereocenters. The Kier molecular flexibility index (Phi) is 4.27. The molecule has 0 saturated carbocycles. The van der Waals surface area contributed by atoms with Crippen molar-refractivity contribution >= 4 is 28.9 Å². The van der Waals surface area contributed by atoms with Crippen molar-refractivity contribution in [1.29, 1.82) is 0 Å². The molecule has 2 nitrogen and oxygen atoms in total. The summed E-state index contributed by atoms with van der Waals surface area (Å²) in [6.07, 6.45) is -3.11. The van der Waals surface area contributed by atoms with Crippen molar-refractivity contribution in [2.45, 2.75) is 31.7 Å². The van der Waals surface area contributed by atoms with Gasteiger partial charge in [0.1, 0.15) is 21.0 Å². The van der Waals surface area contributed by atoms with Crippen LogP contribution in [0.5, 0.6) is 0 Å². The van der Waals surface area contributed by atoms with Crippen LogP contribution in [0.25, 0.3) is 0 Å². The number of alkyl halides is 3. The van der Waals surface area contributed by atoms with Crippen molar-refractivity contribution in [3.63, 3.8) is 0 Å². The van der Waals surface area contributed by atoms with E-state index in [9.17, 15) is 17.7 Å². The highest BCUT2D eigenvalue weighted by Gasteiger charge is 2.32. The van der Waals surface area contributed by atoms with Crippen LogP contribution in [-0.2, 0) is 17.5 Å². The Hall–Kier alpha value is -0.530. The molecular weight excluding hydrogens is 271 g/mol. The third kappa shape index (κ3) is 4.33. The maximum absolute atomic E-state index is 12.3. The number of halogens is 3. The lowest BCUT2D eigenvalue weighted by molar-refractivity contribution is -0.134. The summed E-state index contributed by atoms with van der Waals surface area (Å²) in [5.41, 5.74) is 0. The zero-order chi connectivity index (χ0) is 13.3. The Morgan fingerprint density at radius 2 is 1.88 bits per heavy atom. The average Bonchev–Trinajstić information content (AvgIpc) is 2.59. The molecule has 0 spiro atoms. The lowest BCUT2D eigenvalue weighted by Gasteiger charge is -2.17. The van der Waals surface area contributed by atoms with Crippen LogP contribution in [-0.4, -0.2) is 15.5 Å². The van der Waals surface area contributed by atoms with Gasteiger partial charge in [0.15, 0.2) is 0 Å². The Bertz CT molecular complexity index is 406. The SMILES string of the molecule is CC(C)(C)[S+]([O-])/N=C\c1ccc(C(F)(F)F)s1. The molecule has 1 aromatic heterocycles. The van der Waals surface area contributed by atoms with Gasteiger partial charge >= 0.3 is 6.18 Å². The summed E-state index contributed by atoms with van der Waals surface area (Å²) in [6, 6.07) is 2.31. The van der Waals surface area contributed by atoms with E-state index in [0.717, 1.165) is 6.07 Å². The largest absolute Gasteiger partial charge is 0.591 e. The van der Waals surface area contributed by atoms with Crippen molar-refractivity contribution < 1.29 is 17.7 Å². The van der Waals surface area contributed by atoms with Crippen LogP contribution >= 0.6 is 11.3 Å². The predicted molar refractivity (Wildman–Crippen MR) is 64.8 cm³/mol. The topological polar surface area (TPSA) is 35.4 Å². The first-order valence-corrected chi connectivity index (χ1v) is 6.66. The maximum Gasteiger partial charge on any atom is 0.425 e. The fourth-order valence-corrected chi connectivity index (χ4v) is 2.17. The van der Waals surface area contributed by atoms with Crippen molar-refractivity contribution in [2.75, 3.05) is 0 Å². The first-order valence-electron chi connectivity index (χ1n) is 4.74. The molecule has 1 heterocycles. The van der Waals surface area contributed by atoms with Crippen LogP contribution in [0.3, 0.4) is 0 Å². The number of hydrogen-bond donors (Lipinski definition) is 0. The molecule has 1 rings (SSSR count). The van der Waals surface area contributed by atoms with Crippen LogP contribution in [0.4, 0.5) is 13.2 Å². The third-order valence-electron chi connectivity index (χ3n) is 1.71. The van der Waals surface area contributed by atoms with E-state index in [-0.39, 0.29) is 0 Å². The van der Waals surface area contributed by atoms with Gasteiger partial charge < -0.3 is 4.55 Å². The van der Waals surface area contributed by atoms with Gasteiger partial charge in [-0.25, -0.2) is 0 Å². The quantitative estimate of drug-likeness (QED) is 0.603. The van der Waals surface area contributed by atoms with E-state index in [2.05, 4.69) is 4.40 Å². The molecule has 1 aromatic rings. The molecule has 1 atom stereocenters. The first kappa shape index (κ1) is 14.5. The number of thiophene rings is 1. The molecule has 0 amide bonds. The highest BCUT2D eigenvalue weighted by molar-refractivity contribution is 7.91. The highest BCUT2D eigenvalue weighted by atomic mass is 32.2. The van der Waals surface area contributed by atoms with E-state index in [4.69, 9.17) is 0 Å². The van der Waals surface area contributed by atoms with Crippen LogP contribution in [0.2, 0.25) is 0 Å². The number of rotatable bonds is 2. The van der Waals surface area contributed by atoms with E-state index in [1.165, 1.54) is 12.3 Å². The van der Waals surface area contributed by atoms with Gasteiger partial charge in [0.05, 0.1) is 11.1 Å². The molecular formula is C10H12F3NOS2. The van der Waals surface area contributed by atoms with Crippen molar-refractivity contribution in [1.82, 2.24) is 0 Å². The molecule has 7 heteroatoms. The van der Waals surface area contributed by atoms with E-state index in [1.54, 1.807) is 20.8 Å². The summed E-state index contributed by atoms with van der Waals surface area (Å²) in [4.78, 5) is -0.338. The fraction of sp³-hybridized carbons (Fsp3) is 0.500. The molecule has 0 aliphatic heterocycles. The van der Waals surface area contributed by atoms with E-state index < -0.39 is 27.2 Å². The van der Waals surface area contributed by atoms with Gasteiger partial charge in [0.2, 0.25) is 0 Å². The van der Waals surface area contributed by atoms with Crippen molar-refractivity contribution in [3.8, 4) is 0 Å². The first-order chi connectivity index (χ1) is 7.60. The number of nitrogens with zero attached hydrogens (tertiary/aromatic N) is 1. The molecule has 0 radical (unpaired) electrons. The maximum atomic E-state index is 12.3. The summed E-state index contributed by atoms with van der Waals surface area (Å²) >= 11 is -0.871. The lowest BCUT2D eigenvalue weighted by Crippen LogP contribution is -2.25. The molecule has 0 N–H and O–H groups in total. The fourth-order valence-electron chi connectivity index (χ4n) is 0.832. The van der Waals surface area contributed by atoms with Crippen LogP contribution in [0, 0.1) is 0 Å². The molecule has 0 aromatic carbocycles. The second-order valence-electron chi connectivity index (χ2n) is 4.30. The van der Waals surface area contributed by atoms with Crippen molar-refractivity contribution in [2.24, 2.45) is 4.40 Å². The minimum atomic E-state index is -4.33. The third-order valence-corrected chi connectivity index (χ3v) is 4.11. The van der Waals surface area contributed by atoms with E-state index in [0.29, 0.717) is 16.2 Å². The van der Waals surface area contributed by atoms with Crippen LogP contribution in [0.15, 0.2) is 16.5 Å². The van der Waals surface area contributed by atoms with E-state index in [1.807, 2.05) is 0 Å². The van der Waals surface area contributed by atoms with Gasteiger partial charge in [0.25, 0.3) is 0 Å². The van der Waals surface area contributed by atoms with Crippen molar-refractivity contribution in [3.05, 3.63) is 21.9 Å². The zero-order valence-electron chi connectivity index (χ0n) is 9.54. The second kappa shape index (κ2) is 4.99. The van der Waals surface area contributed by atoms with Gasteiger partial charge in [-0.15, -0.1) is 11.3 Å². The summed E-state index contributed by atoms with van der Waals surface area (Å²) < 4.78 is 51.7. The molecule has 0 saturated heterocycles. The summed E-state index contributed by atoms with van der Waals surface area (Å²) in [5.74, 6) is 0. The van der Waals surface area contributed by atoms with Crippen LogP contribution in [0.1, 0.15) is 30.5 Å². The second-order valence-corrected chi connectivity index (χ2v) is 7.35. The highest BCUT2D eigenvalue weighted by Crippen LogP contribution is 2.34. The smallest absolute Gasteiger partial charge is 0.425 e. The molecule has 0 aliphatic carbocycles. The summed E-state index contributed by atoms with van der Waals surface area (Å²) in [6.45, 7) is 5.24. The Balaban J connectivity index is 2.77. The Morgan fingerprint density at radius 3 is 2.29 bits per heavy atom. The van der Waals surface area contributed by atoms with Crippen LogP contribution < -0.4 is 0 Å². The molecule has 0 fully saturated rings. The van der Waals surface area contributed by atoms with Gasteiger partial charge in [-0.3, -0.25) is 0 Å². The normalized spacial score (nSPS) is 15.5. The molecule has 17 heavy (non-hydrogen) atoms. The Morgan fingerprint density at radius 1 is 1.29 bits per heavy atom. The summed E-state index contributed by atoms with van der Waals surface area (Å²) in [5, 5.41) is 0. The summed E-state index contributed by atoms with van der Waals surface area (Å²) in [7, 11) is 0. The van der Waals surface area contributed by atoms with Gasteiger partial charge in [-0.1, -0.05) is 4.40 Å². The van der Waals surface area contributed by atoms with E-state index >= 15 is 0 Å².